The van der Waals surface area contributed by atoms with Crippen LogP contribution < -0.4 is 0 Å². The Morgan fingerprint density at radius 1 is 1.24 bits per heavy atom. The standard InChI is InChI=1S/C13H10BrNO2/c14-10-3-1-9(2-4-10)12-5-6-13(17-12)11(16)7-8-15/h1-6,11,16H,7H2/t11-/m0/s1. The van der Waals surface area contributed by atoms with Crippen LogP contribution in [-0.4, -0.2) is 5.11 Å². The molecule has 0 fully saturated rings. The molecule has 0 bridgehead atoms. The Morgan fingerprint density at radius 2 is 1.94 bits per heavy atom. The Hall–Kier alpha value is -1.57. The van der Waals surface area contributed by atoms with Gasteiger partial charge in [-0.15, -0.1) is 0 Å². The number of hydrogen-bond acceptors (Lipinski definition) is 3. The lowest BCUT2D eigenvalue weighted by Crippen LogP contribution is -1.92. The van der Waals surface area contributed by atoms with E-state index < -0.39 is 6.10 Å². The summed E-state index contributed by atoms with van der Waals surface area (Å²) in [6.07, 6.45) is -0.822. The molecule has 2 aromatic rings. The first-order chi connectivity index (χ1) is 8.20. The first-order valence-corrected chi connectivity index (χ1v) is 5.90. The van der Waals surface area contributed by atoms with Crippen LogP contribution >= 0.6 is 15.9 Å². The van der Waals surface area contributed by atoms with Crippen molar-refractivity contribution in [1.82, 2.24) is 0 Å². The van der Waals surface area contributed by atoms with Crippen molar-refractivity contribution in [2.75, 3.05) is 0 Å². The highest BCUT2D eigenvalue weighted by Gasteiger charge is 2.12. The Labute approximate surface area is 107 Å². The van der Waals surface area contributed by atoms with Crippen molar-refractivity contribution in [3.63, 3.8) is 0 Å². The van der Waals surface area contributed by atoms with Gasteiger partial charge >= 0.3 is 0 Å². The molecule has 1 N–H and O–H groups in total. The fraction of sp³-hybridized carbons (Fsp3) is 0.154. The van der Waals surface area contributed by atoms with Crippen LogP contribution in [0.2, 0.25) is 0 Å². The molecule has 1 heterocycles. The molecule has 1 aromatic carbocycles. The van der Waals surface area contributed by atoms with Crippen LogP contribution in [0.15, 0.2) is 45.3 Å². The molecular formula is C13H10BrNO2. The Kier molecular flexibility index (Phi) is 3.62. The highest BCUT2D eigenvalue weighted by molar-refractivity contribution is 9.10. The third-order valence-electron chi connectivity index (χ3n) is 2.37. The zero-order chi connectivity index (χ0) is 12.3. The van der Waals surface area contributed by atoms with Crippen molar-refractivity contribution in [1.29, 1.82) is 5.26 Å². The summed E-state index contributed by atoms with van der Waals surface area (Å²) >= 11 is 3.36. The monoisotopic (exact) mass is 291 g/mol. The van der Waals surface area contributed by atoms with Gasteiger partial charge in [0, 0.05) is 10.0 Å². The molecule has 0 saturated heterocycles. The number of aliphatic hydroxyl groups is 1. The molecule has 0 saturated carbocycles. The van der Waals surface area contributed by atoms with E-state index in [2.05, 4.69) is 15.9 Å². The van der Waals surface area contributed by atoms with Gasteiger partial charge in [-0.05, 0) is 24.3 Å². The Balaban J connectivity index is 2.24. The summed E-state index contributed by atoms with van der Waals surface area (Å²) in [5.41, 5.74) is 0.934. The minimum atomic E-state index is -0.857. The molecule has 1 aromatic heterocycles. The van der Waals surface area contributed by atoms with Crippen LogP contribution in [0.25, 0.3) is 11.3 Å². The number of aliphatic hydroxyl groups excluding tert-OH is 1. The van der Waals surface area contributed by atoms with E-state index in [0.717, 1.165) is 10.0 Å². The van der Waals surface area contributed by atoms with E-state index in [1.54, 1.807) is 12.1 Å². The second-order valence-corrected chi connectivity index (χ2v) is 4.50. The molecule has 17 heavy (non-hydrogen) atoms. The third-order valence-corrected chi connectivity index (χ3v) is 2.90. The molecule has 86 valence electrons. The van der Waals surface area contributed by atoms with Gasteiger partial charge < -0.3 is 9.52 Å². The Bertz CT molecular complexity index is 539. The van der Waals surface area contributed by atoms with Crippen molar-refractivity contribution in [3.05, 3.63) is 46.6 Å². The summed E-state index contributed by atoms with van der Waals surface area (Å²) in [6.45, 7) is 0. The summed E-state index contributed by atoms with van der Waals surface area (Å²) in [4.78, 5) is 0. The molecule has 0 amide bonds. The van der Waals surface area contributed by atoms with Gasteiger partial charge in [0.15, 0.2) is 0 Å². The van der Waals surface area contributed by atoms with Crippen LogP contribution in [0.1, 0.15) is 18.3 Å². The molecule has 3 nitrogen and oxygen atoms in total. The van der Waals surface area contributed by atoms with Crippen molar-refractivity contribution in [2.24, 2.45) is 0 Å². The van der Waals surface area contributed by atoms with Gasteiger partial charge in [-0.25, -0.2) is 0 Å². The van der Waals surface area contributed by atoms with Gasteiger partial charge in [-0.1, -0.05) is 28.1 Å². The minimum Gasteiger partial charge on any atom is -0.458 e. The van der Waals surface area contributed by atoms with Crippen molar-refractivity contribution >= 4 is 15.9 Å². The second kappa shape index (κ2) is 5.17. The number of nitriles is 1. The highest BCUT2D eigenvalue weighted by atomic mass is 79.9. The van der Waals surface area contributed by atoms with Gasteiger partial charge in [0.05, 0.1) is 12.5 Å². The quantitative estimate of drug-likeness (QED) is 0.939. The average molecular weight is 292 g/mol. The number of halogens is 1. The molecular weight excluding hydrogens is 282 g/mol. The van der Waals surface area contributed by atoms with E-state index in [9.17, 15) is 5.11 Å². The van der Waals surface area contributed by atoms with E-state index in [-0.39, 0.29) is 6.42 Å². The largest absolute Gasteiger partial charge is 0.458 e. The van der Waals surface area contributed by atoms with Crippen LogP contribution in [0.4, 0.5) is 0 Å². The molecule has 0 aliphatic heterocycles. The molecule has 0 aliphatic rings. The van der Waals surface area contributed by atoms with Crippen molar-refractivity contribution in [2.45, 2.75) is 12.5 Å². The summed E-state index contributed by atoms with van der Waals surface area (Å²) in [5.74, 6) is 1.11. The van der Waals surface area contributed by atoms with Gasteiger partial charge in [-0.3, -0.25) is 0 Å². The van der Waals surface area contributed by atoms with Gasteiger partial charge in [0.1, 0.15) is 17.6 Å². The molecule has 1 atom stereocenters. The zero-order valence-electron chi connectivity index (χ0n) is 8.93. The smallest absolute Gasteiger partial charge is 0.134 e. The molecule has 0 radical (unpaired) electrons. The van der Waals surface area contributed by atoms with E-state index >= 15 is 0 Å². The maximum absolute atomic E-state index is 9.60. The van der Waals surface area contributed by atoms with E-state index in [1.165, 1.54) is 0 Å². The predicted molar refractivity (Wildman–Crippen MR) is 67.0 cm³/mol. The first kappa shape index (κ1) is 11.9. The molecule has 0 spiro atoms. The molecule has 4 heteroatoms. The summed E-state index contributed by atoms with van der Waals surface area (Å²) in [6, 6.07) is 13.1. The fourth-order valence-electron chi connectivity index (χ4n) is 1.49. The Morgan fingerprint density at radius 3 is 2.59 bits per heavy atom. The SMILES string of the molecule is N#CC[C@H](O)c1ccc(-c2ccc(Br)cc2)o1. The average Bonchev–Trinajstić information content (AvgIpc) is 2.80. The summed E-state index contributed by atoms with van der Waals surface area (Å²) < 4.78 is 6.51. The number of nitrogens with zero attached hydrogens (tertiary/aromatic N) is 1. The van der Waals surface area contributed by atoms with Gasteiger partial charge in [0.25, 0.3) is 0 Å². The van der Waals surface area contributed by atoms with E-state index in [1.807, 2.05) is 30.3 Å². The third kappa shape index (κ3) is 2.76. The lowest BCUT2D eigenvalue weighted by atomic mass is 10.2. The van der Waals surface area contributed by atoms with Crippen LogP contribution in [-0.2, 0) is 0 Å². The van der Waals surface area contributed by atoms with E-state index in [4.69, 9.17) is 9.68 Å². The van der Waals surface area contributed by atoms with Crippen LogP contribution in [0, 0.1) is 11.3 Å². The molecule has 0 aliphatic carbocycles. The lowest BCUT2D eigenvalue weighted by molar-refractivity contribution is 0.156. The zero-order valence-corrected chi connectivity index (χ0v) is 10.5. The van der Waals surface area contributed by atoms with Gasteiger partial charge in [-0.2, -0.15) is 5.26 Å². The minimum absolute atomic E-state index is 0.0350. The summed E-state index contributed by atoms with van der Waals surface area (Å²) in [5, 5.41) is 18.1. The van der Waals surface area contributed by atoms with Crippen LogP contribution in [0.3, 0.4) is 0 Å². The van der Waals surface area contributed by atoms with Crippen molar-refractivity contribution in [3.8, 4) is 17.4 Å². The molecule has 2 rings (SSSR count). The number of benzene rings is 1. The topological polar surface area (TPSA) is 57.2 Å². The van der Waals surface area contributed by atoms with Gasteiger partial charge in [0.2, 0.25) is 0 Å². The van der Waals surface area contributed by atoms with Crippen LogP contribution in [0.5, 0.6) is 0 Å². The highest BCUT2D eigenvalue weighted by Crippen LogP contribution is 2.27. The van der Waals surface area contributed by atoms with E-state index in [0.29, 0.717) is 11.5 Å². The second-order valence-electron chi connectivity index (χ2n) is 3.59. The fourth-order valence-corrected chi connectivity index (χ4v) is 1.75. The lowest BCUT2D eigenvalue weighted by Gasteiger charge is -2.01. The summed E-state index contributed by atoms with van der Waals surface area (Å²) in [7, 11) is 0. The number of hydrogen-bond donors (Lipinski definition) is 1. The number of furan rings is 1. The molecule has 0 unspecified atom stereocenters. The number of rotatable bonds is 3. The maximum atomic E-state index is 9.60. The first-order valence-electron chi connectivity index (χ1n) is 5.11. The van der Waals surface area contributed by atoms with Crippen molar-refractivity contribution < 1.29 is 9.52 Å². The normalized spacial score (nSPS) is 12.1. The maximum Gasteiger partial charge on any atom is 0.134 e. The predicted octanol–water partition coefficient (Wildman–Crippen LogP) is 3.66.